The lowest BCUT2D eigenvalue weighted by molar-refractivity contribution is 0.0697. The number of thiophene rings is 1. The third-order valence-corrected chi connectivity index (χ3v) is 7.08. The second kappa shape index (κ2) is 8.26. The Kier molecular flexibility index (Phi) is 6.55. The van der Waals surface area contributed by atoms with E-state index < -0.39 is 35.2 Å². The Morgan fingerprint density at radius 3 is 2.16 bits per heavy atom. The molecule has 1 heterocycles. The first-order valence-electron chi connectivity index (χ1n) is 7.10. The van der Waals surface area contributed by atoms with Crippen molar-refractivity contribution in [1.29, 1.82) is 0 Å². The molecule has 0 spiro atoms. The van der Waals surface area contributed by atoms with Gasteiger partial charge in [-0.1, -0.05) is 23.7 Å². The number of nitrogens with zero attached hydrogens (tertiary/aromatic N) is 1. The van der Waals surface area contributed by atoms with Crippen LogP contribution < -0.4 is 0 Å². The fourth-order valence-corrected chi connectivity index (χ4v) is 5.34. The normalized spacial score (nSPS) is 12.0. The number of carboxylic acids is 1. The Bertz CT molecular complexity index is 830. The van der Waals surface area contributed by atoms with Gasteiger partial charge in [0.2, 0.25) is 0 Å². The van der Waals surface area contributed by atoms with Gasteiger partial charge in [-0.15, -0.1) is 11.3 Å². The molecular formula is C15H16ClNO6S2. The van der Waals surface area contributed by atoms with Crippen LogP contribution in [-0.2, 0) is 16.6 Å². The number of rotatable bonds is 8. The number of sulfonamides is 1. The minimum atomic E-state index is -4.00. The third-order valence-electron chi connectivity index (χ3n) is 3.48. The molecule has 0 saturated heterocycles. The third kappa shape index (κ3) is 4.57. The maximum Gasteiger partial charge on any atom is 0.335 e. The molecule has 0 bridgehead atoms. The number of benzene rings is 1. The number of aromatic carboxylic acids is 1. The van der Waals surface area contributed by atoms with Gasteiger partial charge in [-0.3, -0.25) is 0 Å². The molecule has 0 unspecified atom stereocenters. The van der Waals surface area contributed by atoms with E-state index >= 15 is 0 Å². The highest BCUT2D eigenvalue weighted by molar-refractivity contribution is 7.91. The molecule has 25 heavy (non-hydrogen) atoms. The van der Waals surface area contributed by atoms with Crippen LogP contribution in [0, 0.1) is 0 Å². The van der Waals surface area contributed by atoms with E-state index in [9.17, 15) is 23.4 Å². The SMILES string of the molecule is O=C(O)c1ccc(CN(C(CO)CO)S(=O)(=O)c2ccc(Cl)s2)cc1. The van der Waals surface area contributed by atoms with Crippen molar-refractivity contribution in [3.63, 3.8) is 0 Å². The summed E-state index contributed by atoms with van der Waals surface area (Å²) in [5, 5.41) is 27.8. The van der Waals surface area contributed by atoms with Crippen LogP contribution in [0.5, 0.6) is 0 Å². The molecule has 0 amide bonds. The lowest BCUT2D eigenvalue weighted by Crippen LogP contribution is -2.43. The Labute approximate surface area is 153 Å². The Hall–Kier alpha value is -1.49. The van der Waals surface area contributed by atoms with Gasteiger partial charge in [0, 0.05) is 6.54 Å². The van der Waals surface area contributed by atoms with Gasteiger partial charge in [0.05, 0.1) is 29.2 Å². The number of aliphatic hydroxyl groups is 2. The summed E-state index contributed by atoms with van der Waals surface area (Å²) in [4.78, 5) is 10.9. The van der Waals surface area contributed by atoms with Gasteiger partial charge in [0.15, 0.2) is 0 Å². The number of hydrogen-bond donors (Lipinski definition) is 3. The van der Waals surface area contributed by atoms with E-state index in [-0.39, 0.29) is 16.3 Å². The quantitative estimate of drug-likeness (QED) is 0.615. The molecule has 0 atom stereocenters. The van der Waals surface area contributed by atoms with Gasteiger partial charge in [0.25, 0.3) is 10.0 Å². The zero-order valence-corrected chi connectivity index (χ0v) is 15.3. The minimum Gasteiger partial charge on any atom is -0.478 e. The van der Waals surface area contributed by atoms with E-state index in [0.29, 0.717) is 9.90 Å². The van der Waals surface area contributed by atoms with Gasteiger partial charge < -0.3 is 15.3 Å². The first-order valence-corrected chi connectivity index (χ1v) is 9.74. The lowest BCUT2D eigenvalue weighted by Gasteiger charge is -2.28. The number of carbonyl (C=O) groups is 1. The molecule has 0 aliphatic heterocycles. The Balaban J connectivity index is 2.37. The van der Waals surface area contributed by atoms with E-state index in [1.165, 1.54) is 36.4 Å². The largest absolute Gasteiger partial charge is 0.478 e. The summed E-state index contributed by atoms with van der Waals surface area (Å²) in [5.41, 5.74) is 0.590. The van der Waals surface area contributed by atoms with Crippen LogP contribution in [0.2, 0.25) is 4.34 Å². The summed E-state index contributed by atoms with van der Waals surface area (Å²) in [7, 11) is -4.00. The zero-order valence-electron chi connectivity index (χ0n) is 12.9. The average molecular weight is 406 g/mol. The Morgan fingerprint density at radius 1 is 1.12 bits per heavy atom. The summed E-state index contributed by atoms with van der Waals surface area (Å²) in [5.74, 6) is -1.09. The predicted octanol–water partition coefficient (Wildman–Crippen LogP) is 1.64. The van der Waals surface area contributed by atoms with Gasteiger partial charge in [-0.25, -0.2) is 13.2 Å². The van der Waals surface area contributed by atoms with Crippen molar-refractivity contribution in [3.8, 4) is 0 Å². The van der Waals surface area contributed by atoms with Crippen LogP contribution in [0.4, 0.5) is 0 Å². The molecule has 3 N–H and O–H groups in total. The van der Waals surface area contributed by atoms with Crippen LogP contribution in [-0.4, -0.2) is 53.3 Å². The van der Waals surface area contributed by atoms with Crippen LogP contribution >= 0.6 is 22.9 Å². The first-order chi connectivity index (χ1) is 11.8. The topological polar surface area (TPSA) is 115 Å². The van der Waals surface area contributed by atoms with Crippen LogP contribution in [0.25, 0.3) is 0 Å². The maximum atomic E-state index is 12.8. The molecular weight excluding hydrogens is 390 g/mol. The molecule has 0 saturated carbocycles. The molecule has 1 aromatic carbocycles. The second-order valence-corrected chi connectivity index (χ2v) is 8.96. The molecule has 0 aliphatic rings. The van der Waals surface area contributed by atoms with Crippen molar-refractivity contribution in [2.24, 2.45) is 0 Å². The molecule has 0 radical (unpaired) electrons. The van der Waals surface area contributed by atoms with E-state index in [4.69, 9.17) is 16.7 Å². The second-order valence-electron chi connectivity index (χ2n) is 5.13. The summed E-state index contributed by atoms with van der Waals surface area (Å²) in [6, 6.07) is 7.46. The first kappa shape index (κ1) is 19.8. The van der Waals surface area contributed by atoms with E-state index in [1.807, 2.05) is 0 Å². The monoisotopic (exact) mass is 405 g/mol. The van der Waals surface area contributed by atoms with Crippen LogP contribution in [0.3, 0.4) is 0 Å². The van der Waals surface area contributed by atoms with E-state index in [1.54, 1.807) is 0 Å². The Morgan fingerprint density at radius 2 is 1.72 bits per heavy atom. The number of hydrogen-bond acceptors (Lipinski definition) is 6. The van der Waals surface area contributed by atoms with Crippen molar-refractivity contribution < 1.29 is 28.5 Å². The van der Waals surface area contributed by atoms with Crippen LogP contribution in [0.1, 0.15) is 15.9 Å². The summed E-state index contributed by atoms with van der Waals surface area (Å²) in [6.07, 6.45) is 0. The fourth-order valence-electron chi connectivity index (χ4n) is 2.13. The zero-order chi connectivity index (χ0) is 18.6. The number of carboxylic acid groups (broad SMARTS) is 1. The molecule has 0 fully saturated rings. The number of halogens is 1. The summed E-state index contributed by atoms with van der Waals surface area (Å²) >= 11 is 6.68. The van der Waals surface area contributed by atoms with Gasteiger partial charge in [0.1, 0.15) is 4.21 Å². The molecule has 0 aliphatic carbocycles. The van der Waals surface area contributed by atoms with Crippen molar-refractivity contribution in [2.45, 2.75) is 16.8 Å². The van der Waals surface area contributed by atoms with Gasteiger partial charge in [-0.05, 0) is 29.8 Å². The molecule has 7 nitrogen and oxygen atoms in total. The maximum absolute atomic E-state index is 12.8. The molecule has 1 aromatic heterocycles. The highest BCUT2D eigenvalue weighted by atomic mass is 35.5. The standard InChI is InChI=1S/C15H16ClNO6S2/c16-13-5-6-14(24-13)25(22,23)17(12(8-18)9-19)7-10-1-3-11(4-2-10)15(20)21/h1-6,12,18-19H,7-9H2,(H,20,21). The highest BCUT2D eigenvalue weighted by Gasteiger charge is 2.32. The van der Waals surface area contributed by atoms with Crippen molar-refractivity contribution >= 4 is 38.9 Å². The molecule has 2 rings (SSSR count). The fraction of sp³-hybridized carbons (Fsp3) is 0.267. The van der Waals surface area contributed by atoms with Crippen molar-refractivity contribution in [3.05, 3.63) is 51.9 Å². The lowest BCUT2D eigenvalue weighted by atomic mass is 10.1. The van der Waals surface area contributed by atoms with E-state index in [2.05, 4.69) is 0 Å². The molecule has 136 valence electrons. The molecule has 10 heteroatoms. The van der Waals surface area contributed by atoms with Gasteiger partial charge >= 0.3 is 5.97 Å². The van der Waals surface area contributed by atoms with Crippen molar-refractivity contribution in [2.75, 3.05) is 13.2 Å². The van der Waals surface area contributed by atoms with Crippen LogP contribution in [0.15, 0.2) is 40.6 Å². The predicted molar refractivity (Wildman–Crippen MR) is 93.4 cm³/mol. The van der Waals surface area contributed by atoms with Crippen molar-refractivity contribution in [1.82, 2.24) is 4.31 Å². The minimum absolute atomic E-state index is 0.00782. The number of aliphatic hydroxyl groups excluding tert-OH is 2. The average Bonchev–Trinajstić information content (AvgIpc) is 3.02. The highest BCUT2D eigenvalue weighted by Crippen LogP contribution is 2.30. The molecule has 2 aromatic rings. The van der Waals surface area contributed by atoms with E-state index in [0.717, 1.165) is 15.6 Å². The summed E-state index contributed by atoms with van der Waals surface area (Å²) in [6.45, 7) is -1.27. The summed E-state index contributed by atoms with van der Waals surface area (Å²) < 4.78 is 27.0. The smallest absolute Gasteiger partial charge is 0.335 e. The van der Waals surface area contributed by atoms with Gasteiger partial charge in [-0.2, -0.15) is 4.31 Å².